The number of carbonyl (C=O) groups excluding carboxylic acids is 3. The number of halogens is 1. The lowest BCUT2D eigenvalue weighted by Crippen LogP contribution is -2.49. The van der Waals surface area contributed by atoms with Crippen LogP contribution in [0.4, 0.5) is 11.5 Å². The molecule has 10 heteroatoms. The lowest BCUT2D eigenvalue weighted by molar-refractivity contribution is -0.128. The monoisotopic (exact) mass is 526 g/mol. The van der Waals surface area contributed by atoms with Crippen LogP contribution >= 0.6 is 11.6 Å². The zero-order chi connectivity index (χ0) is 27.2. The number of nitrogens with one attached hydrogen (secondary N) is 2. The molecule has 0 saturated carbocycles. The van der Waals surface area contributed by atoms with Gasteiger partial charge in [0.05, 0.1) is 7.11 Å². The Morgan fingerprint density at radius 1 is 1.08 bits per heavy atom. The summed E-state index contributed by atoms with van der Waals surface area (Å²) < 4.78 is 10.3. The third kappa shape index (κ3) is 7.57. The molecular weight excluding hydrogens is 496 g/mol. The molecule has 3 aromatic rings. The van der Waals surface area contributed by atoms with Gasteiger partial charge in [0.2, 0.25) is 17.7 Å². The van der Waals surface area contributed by atoms with Crippen molar-refractivity contribution in [1.29, 1.82) is 0 Å². The molecule has 0 fully saturated rings. The summed E-state index contributed by atoms with van der Waals surface area (Å²) in [5, 5.41) is 9.63. The summed E-state index contributed by atoms with van der Waals surface area (Å²) >= 11 is 6.53. The number of hydrogen-bond donors (Lipinski definition) is 2. The van der Waals surface area contributed by atoms with E-state index in [9.17, 15) is 14.4 Å². The van der Waals surface area contributed by atoms with Crippen LogP contribution in [0.5, 0.6) is 5.75 Å². The van der Waals surface area contributed by atoms with Crippen molar-refractivity contribution >= 4 is 40.8 Å². The second-order valence-corrected chi connectivity index (χ2v) is 9.91. The van der Waals surface area contributed by atoms with Crippen LogP contribution in [0, 0.1) is 6.92 Å². The van der Waals surface area contributed by atoms with Gasteiger partial charge in [-0.25, -0.2) is 0 Å². The lowest BCUT2D eigenvalue weighted by Gasteiger charge is -2.34. The van der Waals surface area contributed by atoms with Crippen molar-refractivity contribution in [2.24, 2.45) is 0 Å². The summed E-state index contributed by atoms with van der Waals surface area (Å²) in [6, 6.07) is 14.2. The van der Waals surface area contributed by atoms with E-state index in [1.807, 2.05) is 20.8 Å². The van der Waals surface area contributed by atoms with Gasteiger partial charge in [0.1, 0.15) is 17.6 Å². The van der Waals surface area contributed by atoms with Crippen LogP contribution in [0.1, 0.15) is 51.0 Å². The Kier molecular flexibility index (Phi) is 8.94. The standard InChI is InChI=1S/C27H31ClN4O5/c1-17-15-22(31-37-17)29-23(33)13-14-24(34)32(18-9-8-10-19(16-18)36-5)25(26(35)30-27(2,3)4)20-11-6-7-12-21(20)28/h6-12,15-16,25H,13-14H2,1-5H3,(H,30,35)(H,29,31,33). The van der Waals surface area contributed by atoms with Gasteiger partial charge in [-0.15, -0.1) is 0 Å². The molecule has 0 radical (unpaired) electrons. The van der Waals surface area contributed by atoms with Gasteiger partial charge in [0.25, 0.3) is 0 Å². The minimum Gasteiger partial charge on any atom is -0.497 e. The highest BCUT2D eigenvalue weighted by atomic mass is 35.5. The Morgan fingerprint density at radius 2 is 1.81 bits per heavy atom. The number of rotatable bonds is 9. The van der Waals surface area contributed by atoms with Gasteiger partial charge >= 0.3 is 0 Å². The van der Waals surface area contributed by atoms with Crippen molar-refractivity contribution in [3.8, 4) is 5.75 Å². The number of ether oxygens (including phenoxy) is 1. The van der Waals surface area contributed by atoms with E-state index in [1.165, 1.54) is 12.0 Å². The molecule has 0 aliphatic rings. The summed E-state index contributed by atoms with van der Waals surface area (Å²) in [7, 11) is 1.51. The molecule has 2 aromatic carbocycles. The maximum absolute atomic E-state index is 13.7. The summed E-state index contributed by atoms with van der Waals surface area (Å²) in [4.78, 5) is 41.3. The Bertz CT molecular complexity index is 1270. The van der Waals surface area contributed by atoms with Crippen LogP contribution in [0.2, 0.25) is 5.02 Å². The second-order valence-electron chi connectivity index (χ2n) is 9.50. The summed E-state index contributed by atoms with van der Waals surface area (Å²) in [5.74, 6) is 0.0263. The normalized spacial score (nSPS) is 11.9. The molecule has 1 heterocycles. The van der Waals surface area contributed by atoms with E-state index >= 15 is 0 Å². The van der Waals surface area contributed by atoms with E-state index in [4.69, 9.17) is 20.9 Å². The van der Waals surface area contributed by atoms with E-state index in [2.05, 4.69) is 15.8 Å². The van der Waals surface area contributed by atoms with Crippen LogP contribution in [-0.2, 0) is 14.4 Å². The Hall–Kier alpha value is -3.85. The van der Waals surface area contributed by atoms with Crippen molar-refractivity contribution in [3.05, 3.63) is 70.9 Å². The third-order valence-corrected chi connectivity index (χ3v) is 5.61. The summed E-state index contributed by atoms with van der Waals surface area (Å²) in [6.07, 6.45) is -0.315. The van der Waals surface area contributed by atoms with Gasteiger partial charge in [-0.3, -0.25) is 19.3 Å². The largest absolute Gasteiger partial charge is 0.497 e. The number of aromatic nitrogens is 1. The van der Waals surface area contributed by atoms with Crippen molar-refractivity contribution in [2.45, 2.75) is 52.1 Å². The number of amides is 3. The molecule has 0 aliphatic carbocycles. The molecular formula is C27H31ClN4O5. The minimum absolute atomic E-state index is 0.138. The second kappa shape index (κ2) is 11.9. The van der Waals surface area contributed by atoms with Crippen LogP contribution in [-0.4, -0.2) is 35.5 Å². The highest BCUT2D eigenvalue weighted by molar-refractivity contribution is 6.31. The minimum atomic E-state index is -1.10. The van der Waals surface area contributed by atoms with E-state index in [0.29, 0.717) is 27.8 Å². The SMILES string of the molecule is COc1cccc(N(C(=O)CCC(=O)Nc2cc(C)on2)C(C(=O)NC(C)(C)C)c2ccccc2Cl)c1. The molecule has 1 unspecified atom stereocenters. The third-order valence-electron chi connectivity index (χ3n) is 5.27. The number of aryl methyl sites for hydroxylation is 1. The Balaban J connectivity index is 1.99. The van der Waals surface area contributed by atoms with Gasteiger partial charge < -0.3 is 19.9 Å². The average Bonchev–Trinajstić information content (AvgIpc) is 3.24. The number of anilines is 2. The molecule has 196 valence electrons. The molecule has 3 rings (SSSR count). The van der Waals surface area contributed by atoms with Crippen LogP contribution < -0.4 is 20.3 Å². The average molecular weight is 527 g/mol. The topological polar surface area (TPSA) is 114 Å². The highest BCUT2D eigenvalue weighted by Gasteiger charge is 2.35. The zero-order valence-corrected chi connectivity index (χ0v) is 22.3. The molecule has 0 spiro atoms. The zero-order valence-electron chi connectivity index (χ0n) is 21.5. The fraction of sp³-hybridized carbons (Fsp3) is 0.333. The van der Waals surface area contributed by atoms with E-state index in [0.717, 1.165) is 0 Å². The smallest absolute Gasteiger partial charge is 0.248 e. The molecule has 3 amide bonds. The van der Waals surface area contributed by atoms with Crippen molar-refractivity contribution in [3.63, 3.8) is 0 Å². The van der Waals surface area contributed by atoms with E-state index in [-0.39, 0.29) is 18.7 Å². The molecule has 1 aromatic heterocycles. The maximum Gasteiger partial charge on any atom is 0.248 e. The van der Waals surface area contributed by atoms with Gasteiger partial charge in [0, 0.05) is 46.8 Å². The van der Waals surface area contributed by atoms with Crippen LogP contribution in [0.25, 0.3) is 0 Å². The molecule has 0 bridgehead atoms. The van der Waals surface area contributed by atoms with E-state index < -0.39 is 29.3 Å². The van der Waals surface area contributed by atoms with Gasteiger partial charge in [-0.2, -0.15) is 0 Å². The number of methoxy groups -OCH3 is 1. The summed E-state index contributed by atoms with van der Waals surface area (Å²) in [5.41, 5.74) is 0.297. The van der Waals surface area contributed by atoms with Crippen molar-refractivity contribution in [1.82, 2.24) is 10.5 Å². The number of benzene rings is 2. The molecule has 1 atom stereocenters. The quantitative estimate of drug-likeness (QED) is 0.403. The molecule has 2 N–H and O–H groups in total. The first-order chi connectivity index (χ1) is 17.5. The van der Waals surface area contributed by atoms with Crippen LogP contribution in [0.15, 0.2) is 59.1 Å². The van der Waals surface area contributed by atoms with Gasteiger partial charge in [-0.05, 0) is 45.9 Å². The number of hydrogen-bond acceptors (Lipinski definition) is 6. The van der Waals surface area contributed by atoms with Gasteiger partial charge in [-0.1, -0.05) is 41.0 Å². The maximum atomic E-state index is 13.7. The highest BCUT2D eigenvalue weighted by Crippen LogP contribution is 2.34. The number of nitrogens with zero attached hydrogens (tertiary/aromatic N) is 2. The van der Waals surface area contributed by atoms with Crippen molar-refractivity contribution in [2.75, 3.05) is 17.3 Å². The summed E-state index contributed by atoms with van der Waals surface area (Å²) in [6.45, 7) is 7.25. The molecule has 37 heavy (non-hydrogen) atoms. The fourth-order valence-corrected chi connectivity index (χ4v) is 3.94. The fourth-order valence-electron chi connectivity index (χ4n) is 3.70. The van der Waals surface area contributed by atoms with Crippen molar-refractivity contribution < 1.29 is 23.6 Å². The lowest BCUT2D eigenvalue weighted by atomic mass is 10.00. The molecule has 9 nitrogen and oxygen atoms in total. The van der Waals surface area contributed by atoms with Gasteiger partial charge in [0.15, 0.2) is 5.82 Å². The molecule has 0 aliphatic heterocycles. The predicted molar refractivity (Wildman–Crippen MR) is 142 cm³/mol. The number of carbonyl (C=O) groups is 3. The first-order valence-corrected chi connectivity index (χ1v) is 12.1. The Labute approximate surface area is 221 Å². The first kappa shape index (κ1) is 27.7. The first-order valence-electron chi connectivity index (χ1n) is 11.7. The molecule has 0 saturated heterocycles. The van der Waals surface area contributed by atoms with E-state index in [1.54, 1.807) is 61.5 Å². The van der Waals surface area contributed by atoms with Crippen LogP contribution in [0.3, 0.4) is 0 Å². The Morgan fingerprint density at radius 3 is 2.43 bits per heavy atom. The predicted octanol–water partition coefficient (Wildman–Crippen LogP) is 5.05.